The van der Waals surface area contributed by atoms with Crippen LogP contribution < -0.4 is 5.32 Å². The standard InChI is InChI=1S/C17H16N2O4S2/c1-11(16(22)23)18-14(20)10-19-15(21)13(25-17(19)24)9-5-8-12-6-3-2-4-7-12/h2-9,11H,10H2,1H3,(H,18,20)(H,22,23)/b8-5+,13-9-. The number of nitrogens with zero attached hydrogens (tertiary/aromatic N) is 1. The summed E-state index contributed by atoms with van der Waals surface area (Å²) in [5, 5.41) is 11.1. The highest BCUT2D eigenvalue weighted by atomic mass is 32.2. The fraction of sp³-hybridized carbons (Fsp3) is 0.176. The Balaban J connectivity index is 1.99. The highest BCUT2D eigenvalue weighted by Gasteiger charge is 2.33. The quantitative estimate of drug-likeness (QED) is 0.584. The molecule has 1 fully saturated rings. The van der Waals surface area contributed by atoms with Crippen molar-refractivity contribution in [3.63, 3.8) is 0 Å². The van der Waals surface area contributed by atoms with Gasteiger partial charge in [0.15, 0.2) is 0 Å². The molecule has 25 heavy (non-hydrogen) atoms. The summed E-state index contributed by atoms with van der Waals surface area (Å²) in [5.74, 6) is -2.09. The average Bonchev–Trinajstić information content (AvgIpc) is 2.83. The lowest BCUT2D eigenvalue weighted by molar-refractivity contribution is -0.141. The number of aliphatic carboxylic acids is 1. The SMILES string of the molecule is CC(NC(=O)CN1C(=O)/C(=C/C=C/c2ccccc2)SC1=S)C(=O)O. The van der Waals surface area contributed by atoms with E-state index in [1.54, 1.807) is 12.2 Å². The van der Waals surface area contributed by atoms with Crippen molar-refractivity contribution < 1.29 is 19.5 Å². The van der Waals surface area contributed by atoms with Crippen molar-refractivity contribution >= 4 is 52.2 Å². The molecule has 1 unspecified atom stereocenters. The number of amides is 2. The molecule has 1 atom stereocenters. The van der Waals surface area contributed by atoms with E-state index in [1.807, 2.05) is 36.4 Å². The zero-order valence-corrected chi connectivity index (χ0v) is 15.0. The number of carboxylic acids is 1. The molecule has 1 aromatic rings. The molecular formula is C17H16N2O4S2. The van der Waals surface area contributed by atoms with E-state index >= 15 is 0 Å². The van der Waals surface area contributed by atoms with Crippen molar-refractivity contribution in [3.8, 4) is 0 Å². The summed E-state index contributed by atoms with van der Waals surface area (Å²) < 4.78 is 0.266. The summed E-state index contributed by atoms with van der Waals surface area (Å²) in [7, 11) is 0. The topological polar surface area (TPSA) is 86.7 Å². The molecule has 2 N–H and O–H groups in total. The molecule has 0 saturated carbocycles. The van der Waals surface area contributed by atoms with E-state index in [9.17, 15) is 14.4 Å². The van der Waals surface area contributed by atoms with Gasteiger partial charge in [-0.15, -0.1) is 0 Å². The first-order chi connectivity index (χ1) is 11.9. The van der Waals surface area contributed by atoms with Gasteiger partial charge in [-0.2, -0.15) is 0 Å². The Hall–Kier alpha value is -2.45. The highest BCUT2D eigenvalue weighted by molar-refractivity contribution is 8.26. The summed E-state index contributed by atoms with van der Waals surface area (Å²) in [6, 6.07) is 8.58. The molecular weight excluding hydrogens is 360 g/mol. The Morgan fingerprint density at radius 1 is 1.36 bits per heavy atom. The van der Waals surface area contributed by atoms with Gasteiger partial charge in [-0.05, 0) is 18.6 Å². The van der Waals surface area contributed by atoms with E-state index < -0.39 is 17.9 Å². The predicted octanol–water partition coefficient (Wildman–Crippen LogP) is 2.03. The number of thiocarbonyl (C=S) groups is 1. The smallest absolute Gasteiger partial charge is 0.325 e. The van der Waals surface area contributed by atoms with Crippen molar-refractivity contribution in [2.24, 2.45) is 0 Å². The first-order valence-corrected chi connectivity index (χ1v) is 8.60. The molecule has 0 radical (unpaired) electrons. The molecule has 2 rings (SSSR count). The summed E-state index contributed by atoms with van der Waals surface area (Å²) in [6.07, 6.45) is 5.24. The lowest BCUT2D eigenvalue weighted by atomic mass is 10.2. The van der Waals surface area contributed by atoms with Gasteiger partial charge in [-0.25, -0.2) is 0 Å². The van der Waals surface area contributed by atoms with Crippen LogP contribution in [-0.2, 0) is 14.4 Å². The second-order valence-electron chi connectivity index (χ2n) is 5.19. The van der Waals surface area contributed by atoms with E-state index in [2.05, 4.69) is 5.32 Å². The maximum atomic E-state index is 12.3. The fourth-order valence-electron chi connectivity index (χ4n) is 1.95. The molecule has 2 amide bonds. The lowest BCUT2D eigenvalue weighted by Gasteiger charge is -2.15. The van der Waals surface area contributed by atoms with Crippen molar-refractivity contribution in [1.82, 2.24) is 10.2 Å². The minimum Gasteiger partial charge on any atom is -0.480 e. The number of hydrogen-bond donors (Lipinski definition) is 2. The van der Waals surface area contributed by atoms with Crippen LogP contribution in [0, 0.1) is 0 Å². The third-order valence-electron chi connectivity index (χ3n) is 3.26. The summed E-state index contributed by atoms with van der Waals surface area (Å²) in [4.78, 5) is 36.5. The van der Waals surface area contributed by atoms with Crippen molar-refractivity contribution in [3.05, 3.63) is 53.0 Å². The molecule has 1 heterocycles. The third kappa shape index (κ3) is 5.27. The molecule has 6 nitrogen and oxygen atoms in total. The molecule has 0 spiro atoms. The van der Waals surface area contributed by atoms with Gasteiger partial charge in [0.1, 0.15) is 16.9 Å². The Kier molecular flexibility index (Phi) is 6.49. The largest absolute Gasteiger partial charge is 0.480 e. The van der Waals surface area contributed by atoms with Gasteiger partial charge in [0.25, 0.3) is 5.91 Å². The molecule has 0 bridgehead atoms. The van der Waals surface area contributed by atoms with Crippen LogP contribution in [0.5, 0.6) is 0 Å². The number of carbonyl (C=O) groups is 3. The highest BCUT2D eigenvalue weighted by Crippen LogP contribution is 2.30. The van der Waals surface area contributed by atoms with Gasteiger partial charge in [-0.3, -0.25) is 19.3 Å². The number of rotatable bonds is 6. The normalized spacial score (nSPS) is 17.3. The zero-order chi connectivity index (χ0) is 18.4. The third-order valence-corrected chi connectivity index (χ3v) is 4.66. The second kappa shape index (κ2) is 8.59. The van der Waals surface area contributed by atoms with Crippen molar-refractivity contribution in [2.45, 2.75) is 13.0 Å². The van der Waals surface area contributed by atoms with Gasteiger partial charge in [0.05, 0.1) is 4.91 Å². The van der Waals surface area contributed by atoms with Crippen LogP contribution in [-0.4, -0.2) is 44.7 Å². The van der Waals surface area contributed by atoms with Crippen LogP contribution in [0.4, 0.5) is 0 Å². The van der Waals surface area contributed by atoms with Crippen LogP contribution in [0.25, 0.3) is 6.08 Å². The zero-order valence-electron chi connectivity index (χ0n) is 13.3. The Morgan fingerprint density at radius 3 is 2.68 bits per heavy atom. The minimum atomic E-state index is -1.15. The fourth-order valence-corrected chi connectivity index (χ4v) is 3.16. The maximum absolute atomic E-state index is 12.3. The molecule has 1 aliphatic heterocycles. The summed E-state index contributed by atoms with van der Waals surface area (Å²) in [5.41, 5.74) is 0.997. The molecule has 1 saturated heterocycles. The van der Waals surface area contributed by atoms with Crippen LogP contribution in [0.2, 0.25) is 0 Å². The molecule has 130 valence electrons. The Labute approximate surface area is 154 Å². The van der Waals surface area contributed by atoms with Crippen molar-refractivity contribution in [1.29, 1.82) is 0 Å². The Bertz CT molecular complexity index is 759. The molecule has 1 aliphatic rings. The number of nitrogens with one attached hydrogen (secondary N) is 1. The maximum Gasteiger partial charge on any atom is 0.325 e. The van der Waals surface area contributed by atoms with E-state index in [4.69, 9.17) is 17.3 Å². The number of benzene rings is 1. The van der Waals surface area contributed by atoms with Crippen LogP contribution >= 0.6 is 24.0 Å². The summed E-state index contributed by atoms with van der Waals surface area (Å²) in [6.45, 7) is 1.04. The number of thioether (sulfide) groups is 1. The predicted molar refractivity (Wildman–Crippen MR) is 101 cm³/mol. The molecule has 0 aliphatic carbocycles. The first-order valence-electron chi connectivity index (χ1n) is 7.37. The van der Waals surface area contributed by atoms with Gasteiger partial charge in [0, 0.05) is 0 Å². The molecule has 0 aromatic heterocycles. The van der Waals surface area contributed by atoms with Gasteiger partial charge in [0.2, 0.25) is 5.91 Å². The molecule has 1 aromatic carbocycles. The lowest BCUT2D eigenvalue weighted by Crippen LogP contribution is -2.45. The summed E-state index contributed by atoms with van der Waals surface area (Å²) >= 11 is 6.23. The monoisotopic (exact) mass is 376 g/mol. The second-order valence-corrected chi connectivity index (χ2v) is 6.86. The van der Waals surface area contributed by atoms with Crippen LogP contribution in [0.3, 0.4) is 0 Å². The van der Waals surface area contributed by atoms with Gasteiger partial charge >= 0.3 is 5.97 Å². The Morgan fingerprint density at radius 2 is 2.04 bits per heavy atom. The molecule has 8 heteroatoms. The number of hydrogen-bond acceptors (Lipinski definition) is 5. The van der Waals surface area contributed by atoms with Crippen molar-refractivity contribution in [2.75, 3.05) is 6.54 Å². The van der Waals surface area contributed by atoms with E-state index in [-0.39, 0.29) is 16.8 Å². The minimum absolute atomic E-state index is 0.266. The number of allylic oxidation sites excluding steroid dienone is 2. The van der Waals surface area contributed by atoms with E-state index in [1.165, 1.54) is 6.92 Å². The first kappa shape index (κ1) is 18.9. The number of carboxylic acid groups (broad SMARTS) is 1. The van der Waals surface area contributed by atoms with E-state index in [0.717, 1.165) is 22.2 Å². The van der Waals surface area contributed by atoms with E-state index in [0.29, 0.717) is 4.91 Å². The number of carbonyl (C=O) groups excluding carboxylic acids is 2. The van der Waals surface area contributed by atoms with Crippen LogP contribution in [0.15, 0.2) is 47.4 Å². The van der Waals surface area contributed by atoms with Crippen LogP contribution in [0.1, 0.15) is 12.5 Å². The van der Waals surface area contributed by atoms with Gasteiger partial charge in [-0.1, -0.05) is 66.5 Å². The average molecular weight is 376 g/mol. The van der Waals surface area contributed by atoms with Gasteiger partial charge < -0.3 is 10.4 Å².